The highest BCUT2D eigenvalue weighted by atomic mass is 16.4. The van der Waals surface area contributed by atoms with Crippen LogP contribution in [0.5, 0.6) is 0 Å². The Morgan fingerprint density at radius 2 is 2.22 bits per heavy atom. The first kappa shape index (κ1) is 10.7. The van der Waals surface area contributed by atoms with E-state index in [-0.39, 0.29) is 0 Å². The summed E-state index contributed by atoms with van der Waals surface area (Å²) in [6.45, 7) is 2.22. The second-order valence-corrected chi connectivity index (χ2v) is 4.06. The van der Waals surface area contributed by atoms with Crippen molar-refractivity contribution in [2.45, 2.75) is 13.5 Å². The summed E-state index contributed by atoms with van der Waals surface area (Å²) in [5, 5.41) is 8.77. The molecule has 3 aromatic rings. The minimum atomic E-state index is 0.467. The average molecular weight is 241 g/mol. The first-order valence-corrected chi connectivity index (χ1v) is 5.60. The lowest BCUT2D eigenvalue weighted by Gasteiger charge is -2.03. The van der Waals surface area contributed by atoms with Gasteiger partial charge in [0.25, 0.3) is 0 Å². The van der Waals surface area contributed by atoms with E-state index >= 15 is 0 Å². The molecule has 18 heavy (non-hydrogen) atoms. The van der Waals surface area contributed by atoms with Gasteiger partial charge in [0.2, 0.25) is 11.8 Å². The Labute approximate surface area is 103 Å². The normalized spacial score (nSPS) is 10.9. The Kier molecular flexibility index (Phi) is 2.44. The Morgan fingerprint density at radius 3 is 2.94 bits per heavy atom. The molecular formula is C13H11N3O2. The summed E-state index contributed by atoms with van der Waals surface area (Å²) in [6.07, 6.45) is 2.77. The fraction of sp³-hybridized carbons (Fsp3) is 0.154. The number of nitrogens with zero attached hydrogens (tertiary/aromatic N) is 3. The number of hydrogen-bond donors (Lipinski definition) is 0. The number of carbonyl (C=O) groups excluding carboxylic acids is 1. The fourth-order valence-electron chi connectivity index (χ4n) is 2.06. The molecule has 3 rings (SSSR count). The number of benzene rings is 1. The van der Waals surface area contributed by atoms with Crippen molar-refractivity contribution in [1.82, 2.24) is 14.8 Å². The van der Waals surface area contributed by atoms with Crippen LogP contribution in [0.1, 0.15) is 22.1 Å². The van der Waals surface area contributed by atoms with Crippen LogP contribution in [-0.2, 0) is 6.54 Å². The van der Waals surface area contributed by atoms with Gasteiger partial charge in [0.1, 0.15) is 6.54 Å². The third-order valence-corrected chi connectivity index (χ3v) is 2.82. The molecule has 0 saturated heterocycles. The molecule has 2 heterocycles. The van der Waals surface area contributed by atoms with Crippen LogP contribution in [0.4, 0.5) is 0 Å². The smallest absolute Gasteiger partial charge is 0.236 e. The molecule has 0 spiro atoms. The minimum absolute atomic E-state index is 0.467. The predicted molar refractivity (Wildman–Crippen MR) is 65.5 cm³/mol. The van der Waals surface area contributed by atoms with Crippen molar-refractivity contribution in [3.63, 3.8) is 0 Å². The maximum Gasteiger partial charge on any atom is 0.236 e. The summed E-state index contributed by atoms with van der Waals surface area (Å²) in [4.78, 5) is 11.1. The maximum absolute atomic E-state index is 11.1. The van der Waals surface area contributed by atoms with Crippen molar-refractivity contribution in [2.24, 2.45) is 0 Å². The van der Waals surface area contributed by atoms with Gasteiger partial charge in [-0.2, -0.15) is 0 Å². The number of hydrogen-bond acceptors (Lipinski definition) is 4. The van der Waals surface area contributed by atoms with E-state index in [1.54, 1.807) is 13.0 Å². The SMILES string of the molecule is Cc1nnc(Cn2ccc3cccc(C=O)c32)o1. The van der Waals surface area contributed by atoms with E-state index < -0.39 is 0 Å². The molecule has 0 unspecified atom stereocenters. The quantitative estimate of drug-likeness (QED) is 0.659. The lowest BCUT2D eigenvalue weighted by atomic mass is 10.1. The standard InChI is InChI=1S/C13H11N3O2/c1-9-14-15-12(18-9)7-16-6-5-10-3-2-4-11(8-17)13(10)16/h2-6,8H,7H2,1H3. The molecule has 0 radical (unpaired) electrons. The van der Waals surface area contributed by atoms with Crippen molar-refractivity contribution < 1.29 is 9.21 Å². The highest BCUT2D eigenvalue weighted by molar-refractivity contribution is 5.96. The molecule has 0 aliphatic heterocycles. The molecule has 5 heteroatoms. The van der Waals surface area contributed by atoms with Gasteiger partial charge in [-0.05, 0) is 12.1 Å². The van der Waals surface area contributed by atoms with Crippen LogP contribution >= 0.6 is 0 Å². The van der Waals surface area contributed by atoms with Crippen molar-refractivity contribution >= 4 is 17.2 Å². The Balaban J connectivity index is 2.09. The zero-order chi connectivity index (χ0) is 12.5. The molecule has 0 aliphatic rings. The topological polar surface area (TPSA) is 60.9 Å². The average Bonchev–Trinajstić information content (AvgIpc) is 2.97. The zero-order valence-electron chi connectivity index (χ0n) is 9.83. The van der Waals surface area contributed by atoms with Crippen molar-refractivity contribution in [3.8, 4) is 0 Å². The highest BCUT2D eigenvalue weighted by Gasteiger charge is 2.09. The lowest BCUT2D eigenvalue weighted by Crippen LogP contribution is -2.00. The number of aldehydes is 1. The second-order valence-electron chi connectivity index (χ2n) is 4.06. The van der Waals surface area contributed by atoms with E-state index in [0.29, 0.717) is 23.9 Å². The van der Waals surface area contributed by atoms with Gasteiger partial charge >= 0.3 is 0 Å². The molecule has 0 aliphatic carbocycles. The van der Waals surface area contributed by atoms with E-state index in [4.69, 9.17) is 4.42 Å². The van der Waals surface area contributed by atoms with Crippen LogP contribution < -0.4 is 0 Å². The number of fused-ring (bicyclic) bond motifs is 1. The third kappa shape index (κ3) is 1.69. The van der Waals surface area contributed by atoms with Gasteiger partial charge in [-0.3, -0.25) is 4.79 Å². The van der Waals surface area contributed by atoms with Gasteiger partial charge in [-0.1, -0.05) is 12.1 Å². The van der Waals surface area contributed by atoms with E-state index in [1.165, 1.54) is 0 Å². The van der Waals surface area contributed by atoms with Crippen LogP contribution in [0.2, 0.25) is 0 Å². The molecule has 5 nitrogen and oxygen atoms in total. The molecule has 90 valence electrons. The summed E-state index contributed by atoms with van der Waals surface area (Å²) >= 11 is 0. The molecule has 0 fully saturated rings. The number of carbonyl (C=O) groups is 1. The minimum Gasteiger partial charge on any atom is -0.424 e. The molecular weight excluding hydrogens is 230 g/mol. The number of aryl methyl sites for hydroxylation is 1. The van der Waals surface area contributed by atoms with Crippen molar-refractivity contribution in [2.75, 3.05) is 0 Å². The lowest BCUT2D eigenvalue weighted by molar-refractivity contribution is 0.112. The monoisotopic (exact) mass is 241 g/mol. The third-order valence-electron chi connectivity index (χ3n) is 2.82. The number of aromatic nitrogens is 3. The predicted octanol–water partition coefficient (Wildman–Crippen LogP) is 2.19. The maximum atomic E-state index is 11.1. The Morgan fingerprint density at radius 1 is 1.33 bits per heavy atom. The van der Waals surface area contributed by atoms with Gasteiger partial charge in [-0.15, -0.1) is 10.2 Å². The van der Waals surface area contributed by atoms with Crippen molar-refractivity contribution in [1.29, 1.82) is 0 Å². The van der Waals surface area contributed by atoms with E-state index in [9.17, 15) is 4.79 Å². The molecule has 0 saturated carbocycles. The molecule has 0 atom stereocenters. The summed E-state index contributed by atoms with van der Waals surface area (Å²) in [6, 6.07) is 7.60. The van der Waals surface area contributed by atoms with Gasteiger partial charge < -0.3 is 8.98 Å². The highest BCUT2D eigenvalue weighted by Crippen LogP contribution is 2.20. The number of para-hydroxylation sites is 1. The Hall–Kier alpha value is -2.43. The fourth-order valence-corrected chi connectivity index (χ4v) is 2.06. The summed E-state index contributed by atoms with van der Waals surface area (Å²) < 4.78 is 7.28. The van der Waals surface area contributed by atoms with Crippen LogP contribution in [0, 0.1) is 6.92 Å². The van der Waals surface area contributed by atoms with Gasteiger partial charge in [0, 0.05) is 24.1 Å². The summed E-state index contributed by atoms with van der Waals surface area (Å²) in [5.41, 5.74) is 1.55. The van der Waals surface area contributed by atoms with Crippen molar-refractivity contribution in [3.05, 3.63) is 47.8 Å². The first-order valence-electron chi connectivity index (χ1n) is 5.60. The zero-order valence-corrected chi connectivity index (χ0v) is 9.83. The molecule has 1 aromatic carbocycles. The van der Waals surface area contributed by atoms with Crippen LogP contribution in [0.15, 0.2) is 34.9 Å². The molecule has 0 amide bonds. The van der Waals surface area contributed by atoms with E-state index in [0.717, 1.165) is 17.2 Å². The largest absolute Gasteiger partial charge is 0.424 e. The number of rotatable bonds is 3. The van der Waals surface area contributed by atoms with Crippen LogP contribution in [0.3, 0.4) is 0 Å². The van der Waals surface area contributed by atoms with E-state index in [1.807, 2.05) is 29.0 Å². The van der Waals surface area contributed by atoms with Crippen LogP contribution in [-0.4, -0.2) is 21.1 Å². The summed E-state index contributed by atoms with van der Waals surface area (Å²) in [5.74, 6) is 1.07. The Bertz CT molecular complexity index is 712. The van der Waals surface area contributed by atoms with Gasteiger partial charge in [0.05, 0.1) is 5.52 Å². The molecule has 0 bridgehead atoms. The first-order chi connectivity index (χ1) is 8.78. The second kappa shape index (κ2) is 4.10. The van der Waals surface area contributed by atoms with Gasteiger partial charge in [0.15, 0.2) is 6.29 Å². The summed E-state index contributed by atoms with van der Waals surface area (Å²) in [7, 11) is 0. The molecule has 2 aromatic heterocycles. The van der Waals surface area contributed by atoms with Gasteiger partial charge in [-0.25, -0.2) is 0 Å². The van der Waals surface area contributed by atoms with Crippen LogP contribution in [0.25, 0.3) is 10.9 Å². The van der Waals surface area contributed by atoms with E-state index in [2.05, 4.69) is 10.2 Å². The molecule has 0 N–H and O–H groups in total.